The molecule has 1 amide bonds. The number of benzene rings is 1. The molecule has 1 saturated heterocycles. The Morgan fingerprint density at radius 2 is 1.84 bits per heavy atom. The molecule has 0 aliphatic carbocycles. The van der Waals surface area contributed by atoms with Crippen LogP contribution in [0.3, 0.4) is 0 Å². The zero-order valence-electron chi connectivity index (χ0n) is 10.5. The van der Waals surface area contributed by atoms with E-state index in [0.717, 1.165) is 12.1 Å². The number of halogens is 3. The molecule has 0 saturated carbocycles. The molecule has 1 heterocycles. The van der Waals surface area contributed by atoms with Crippen LogP contribution in [0, 0.1) is 11.6 Å². The second kappa shape index (κ2) is 5.96. The van der Waals surface area contributed by atoms with Crippen LogP contribution in [0.5, 0.6) is 0 Å². The molecule has 1 aromatic rings. The predicted octanol–water partition coefficient (Wildman–Crippen LogP) is 2.98. The quantitative estimate of drug-likeness (QED) is 0.832. The number of amides is 1. The zero-order chi connectivity index (χ0) is 14.0. The van der Waals surface area contributed by atoms with E-state index in [0.29, 0.717) is 26.1 Å². The molecule has 0 N–H and O–H groups in total. The van der Waals surface area contributed by atoms with Gasteiger partial charge in [0.1, 0.15) is 17.2 Å². The fourth-order valence-corrected chi connectivity index (χ4v) is 2.56. The average molecular weight is 334 g/mol. The van der Waals surface area contributed by atoms with Crippen LogP contribution in [0.25, 0.3) is 0 Å². The monoisotopic (exact) mass is 333 g/mol. The molecule has 0 bridgehead atoms. The number of ether oxygens (including phenoxy) is 1. The maximum atomic E-state index is 13.7. The molecule has 6 heteroatoms. The van der Waals surface area contributed by atoms with E-state index < -0.39 is 23.1 Å². The summed E-state index contributed by atoms with van der Waals surface area (Å²) in [7, 11) is 1.57. The van der Waals surface area contributed by atoms with Crippen LogP contribution < -0.4 is 0 Å². The Labute approximate surface area is 118 Å². The third-order valence-electron chi connectivity index (χ3n) is 3.28. The van der Waals surface area contributed by atoms with Crippen LogP contribution in [0.2, 0.25) is 0 Å². The first kappa shape index (κ1) is 14.4. The fraction of sp³-hybridized carbons (Fsp3) is 0.462. The predicted molar refractivity (Wildman–Crippen MR) is 70.0 cm³/mol. The average Bonchev–Trinajstić information content (AvgIpc) is 2.37. The lowest BCUT2D eigenvalue weighted by atomic mass is 10.1. The maximum Gasteiger partial charge on any atom is 0.259 e. The summed E-state index contributed by atoms with van der Waals surface area (Å²) in [5, 5.41) is 0. The van der Waals surface area contributed by atoms with Gasteiger partial charge in [-0.15, -0.1) is 0 Å². The Hall–Kier alpha value is -1.01. The van der Waals surface area contributed by atoms with Crippen LogP contribution in [0.4, 0.5) is 8.78 Å². The Morgan fingerprint density at radius 1 is 1.32 bits per heavy atom. The van der Waals surface area contributed by atoms with Gasteiger partial charge < -0.3 is 9.64 Å². The highest BCUT2D eigenvalue weighted by Gasteiger charge is 2.27. The lowest BCUT2D eigenvalue weighted by molar-refractivity contribution is 0.0357. The molecule has 3 nitrogen and oxygen atoms in total. The third-order valence-corrected chi connectivity index (χ3v) is 3.74. The van der Waals surface area contributed by atoms with Crippen molar-refractivity contribution in [1.82, 2.24) is 4.90 Å². The van der Waals surface area contributed by atoms with Gasteiger partial charge in [-0.05, 0) is 25.0 Å². The normalized spacial score (nSPS) is 16.4. The van der Waals surface area contributed by atoms with Gasteiger partial charge in [0.15, 0.2) is 0 Å². The molecule has 1 aromatic carbocycles. The molecule has 1 aliphatic heterocycles. The zero-order valence-corrected chi connectivity index (χ0v) is 12.0. The highest BCUT2D eigenvalue weighted by Crippen LogP contribution is 2.22. The molecule has 0 atom stereocenters. The third kappa shape index (κ3) is 3.12. The van der Waals surface area contributed by atoms with Crippen LogP contribution in [-0.2, 0) is 4.74 Å². The minimum atomic E-state index is -0.851. The Kier molecular flexibility index (Phi) is 4.52. The van der Waals surface area contributed by atoms with E-state index in [-0.39, 0.29) is 10.5 Å². The number of hydrogen-bond donors (Lipinski definition) is 0. The second-order valence-electron chi connectivity index (χ2n) is 4.50. The van der Waals surface area contributed by atoms with Gasteiger partial charge in [-0.25, -0.2) is 8.78 Å². The highest BCUT2D eigenvalue weighted by atomic mass is 79.9. The van der Waals surface area contributed by atoms with Crippen molar-refractivity contribution >= 4 is 21.8 Å². The van der Waals surface area contributed by atoms with Crippen LogP contribution >= 0.6 is 15.9 Å². The highest BCUT2D eigenvalue weighted by molar-refractivity contribution is 9.10. The number of carbonyl (C=O) groups is 1. The van der Waals surface area contributed by atoms with Gasteiger partial charge in [0.25, 0.3) is 5.91 Å². The van der Waals surface area contributed by atoms with Gasteiger partial charge in [-0.3, -0.25) is 4.79 Å². The van der Waals surface area contributed by atoms with Crippen molar-refractivity contribution in [2.75, 3.05) is 20.3 Å². The Bertz CT molecular complexity index is 467. The number of carbonyl (C=O) groups excluding carboxylic acids is 1. The summed E-state index contributed by atoms with van der Waals surface area (Å²) >= 11 is 2.99. The smallest absolute Gasteiger partial charge is 0.259 e. The van der Waals surface area contributed by atoms with Crippen molar-refractivity contribution in [2.24, 2.45) is 0 Å². The topological polar surface area (TPSA) is 29.5 Å². The molecule has 0 unspecified atom stereocenters. The molecule has 1 fully saturated rings. The van der Waals surface area contributed by atoms with Crippen molar-refractivity contribution in [3.8, 4) is 0 Å². The van der Waals surface area contributed by atoms with Crippen molar-refractivity contribution in [3.63, 3.8) is 0 Å². The summed E-state index contributed by atoms with van der Waals surface area (Å²) in [5.74, 6) is -2.33. The van der Waals surface area contributed by atoms with E-state index in [4.69, 9.17) is 4.74 Å². The number of rotatable bonds is 2. The van der Waals surface area contributed by atoms with Crippen molar-refractivity contribution in [2.45, 2.75) is 18.9 Å². The second-order valence-corrected chi connectivity index (χ2v) is 5.42. The summed E-state index contributed by atoms with van der Waals surface area (Å²) < 4.78 is 33.0. The van der Waals surface area contributed by atoms with E-state index >= 15 is 0 Å². The fourth-order valence-electron chi connectivity index (χ4n) is 2.16. The summed E-state index contributed by atoms with van der Waals surface area (Å²) in [4.78, 5) is 13.6. The lowest BCUT2D eigenvalue weighted by Gasteiger charge is -2.31. The van der Waals surface area contributed by atoms with Gasteiger partial charge >= 0.3 is 0 Å². The van der Waals surface area contributed by atoms with E-state index in [1.165, 1.54) is 4.90 Å². The molecule has 19 heavy (non-hydrogen) atoms. The molecule has 0 aromatic heterocycles. The van der Waals surface area contributed by atoms with Gasteiger partial charge in [-0.1, -0.05) is 15.9 Å². The first-order valence-corrected chi connectivity index (χ1v) is 6.79. The van der Waals surface area contributed by atoms with Gasteiger partial charge in [0, 0.05) is 30.8 Å². The largest absolute Gasteiger partial charge is 0.381 e. The van der Waals surface area contributed by atoms with Crippen molar-refractivity contribution in [1.29, 1.82) is 0 Å². The van der Waals surface area contributed by atoms with E-state index in [1.807, 2.05) is 0 Å². The molecule has 1 aliphatic rings. The number of hydrogen-bond acceptors (Lipinski definition) is 2. The van der Waals surface area contributed by atoms with Crippen molar-refractivity contribution in [3.05, 3.63) is 33.8 Å². The molecular weight excluding hydrogens is 320 g/mol. The summed E-state index contributed by atoms with van der Waals surface area (Å²) in [6, 6.07) is 2.14. The Balaban J connectivity index is 2.23. The van der Waals surface area contributed by atoms with Crippen LogP contribution in [0.1, 0.15) is 23.2 Å². The maximum absolute atomic E-state index is 13.7. The first-order chi connectivity index (χ1) is 9.00. The van der Waals surface area contributed by atoms with Crippen LogP contribution in [0.15, 0.2) is 16.6 Å². The minimum absolute atomic E-state index is 0.0382. The standard InChI is InChI=1S/C13H14BrF2NO2/c1-17(9-2-4-19-5-3-9)13(18)12-10(15)6-8(14)7-11(12)16/h6-7,9H,2-5H2,1H3. The van der Waals surface area contributed by atoms with E-state index in [1.54, 1.807) is 7.05 Å². The Morgan fingerprint density at radius 3 is 2.37 bits per heavy atom. The lowest BCUT2D eigenvalue weighted by Crippen LogP contribution is -2.41. The van der Waals surface area contributed by atoms with Gasteiger partial charge in [0.2, 0.25) is 0 Å². The van der Waals surface area contributed by atoms with Gasteiger partial charge in [-0.2, -0.15) is 0 Å². The van der Waals surface area contributed by atoms with E-state index in [9.17, 15) is 13.6 Å². The summed E-state index contributed by atoms with van der Waals surface area (Å²) in [6.45, 7) is 1.13. The molecular formula is C13H14BrF2NO2. The van der Waals surface area contributed by atoms with Crippen molar-refractivity contribution < 1.29 is 18.3 Å². The molecule has 104 valence electrons. The number of nitrogens with zero attached hydrogens (tertiary/aromatic N) is 1. The van der Waals surface area contributed by atoms with Crippen LogP contribution in [-0.4, -0.2) is 37.1 Å². The first-order valence-electron chi connectivity index (χ1n) is 6.00. The van der Waals surface area contributed by atoms with E-state index in [2.05, 4.69) is 15.9 Å². The molecule has 0 radical (unpaired) electrons. The minimum Gasteiger partial charge on any atom is -0.381 e. The molecule has 0 spiro atoms. The van der Waals surface area contributed by atoms with Gasteiger partial charge in [0.05, 0.1) is 0 Å². The summed E-state index contributed by atoms with van der Waals surface area (Å²) in [5.41, 5.74) is -0.503. The SMILES string of the molecule is CN(C(=O)c1c(F)cc(Br)cc1F)C1CCOCC1. The summed E-state index contributed by atoms with van der Waals surface area (Å²) in [6.07, 6.45) is 1.37. The molecule has 2 rings (SSSR count).